The van der Waals surface area contributed by atoms with Crippen LogP contribution in [0, 0.1) is 0 Å². The molecule has 0 unspecified atom stereocenters. The summed E-state index contributed by atoms with van der Waals surface area (Å²) in [4.78, 5) is 27.4. The first-order chi connectivity index (χ1) is 12.0. The van der Waals surface area contributed by atoms with Crippen molar-refractivity contribution < 1.29 is 14.3 Å². The molecule has 8 nitrogen and oxygen atoms in total. The van der Waals surface area contributed by atoms with Crippen molar-refractivity contribution in [3.05, 3.63) is 17.5 Å². The van der Waals surface area contributed by atoms with E-state index in [1.165, 1.54) is 0 Å². The molecule has 0 saturated carbocycles. The molecule has 140 valence electrons. The molecule has 3 amide bonds. The minimum absolute atomic E-state index is 0.00808. The molecule has 2 heterocycles. The van der Waals surface area contributed by atoms with Crippen LogP contribution in [0.1, 0.15) is 37.6 Å². The molecule has 0 aromatic carbocycles. The van der Waals surface area contributed by atoms with Gasteiger partial charge in [-0.2, -0.15) is 5.10 Å². The molecule has 0 aliphatic carbocycles. The molecule has 1 aliphatic rings. The number of nitrogens with one attached hydrogen (secondary N) is 1. The number of fused-ring (bicyclic) bond motifs is 1. The Bertz CT molecular complexity index is 585. The highest BCUT2D eigenvalue weighted by Crippen LogP contribution is 2.14. The molecule has 1 aromatic heterocycles. The number of aryl methyl sites for hydroxylation is 1. The topological polar surface area (TPSA) is 79.7 Å². The zero-order valence-electron chi connectivity index (χ0n) is 15.5. The second kappa shape index (κ2) is 9.41. The fraction of sp³-hybridized carbons (Fsp3) is 0.706. The zero-order valence-corrected chi connectivity index (χ0v) is 15.5. The Labute approximate surface area is 149 Å². The van der Waals surface area contributed by atoms with Crippen molar-refractivity contribution in [1.82, 2.24) is 24.9 Å². The first-order valence-corrected chi connectivity index (χ1v) is 8.87. The zero-order chi connectivity index (χ0) is 18.2. The third-order valence-electron chi connectivity index (χ3n) is 4.06. The highest BCUT2D eigenvalue weighted by Gasteiger charge is 2.21. The van der Waals surface area contributed by atoms with Crippen LogP contribution in [-0.2, 0) is 29.2 Å². The van der Waals surface area contributed by atoms with E-state index in [1.54, 1.807) is 19.0 Å². The third kappa shape index (κ3) is 5.74. The van der Waals surface area contributed by atoms with Crippen LogP contribution in [0.4, 0.5) is 4.79 Å². The molecule has 0 radical (unpaired) electrons. The lowest BCUT2D eigenvalue weighted by atomic mass is 10.3. The number of carbonyl (C=O) groups is 2. The molecule has 0 bridgehead atoms. The average molecular weight is 351 g/mol. The number of carbonyl (C=O) groups excluding carboxylic acids is 2. The second-order valence-corrected chi connectivity index (χ2v) is 6.49. The second-order valence-electron chi connectivity index (χ2n) is 6.49. The molecule has 1 aromatic rings. The van der Waals surface area contributed by atoms with Gasteiger partial charge >= 0.3 is 6.03 Å². The van der Waals surface area contributed by atoms with Crippen LogP contribution >= 0.6 is 0 Å². The minimum atomic E-state index is -0.135. The number of rotatable bonds is 7. The number of nitrogens with zero attached hydrogens (tertiary/aromatic N) is 4. The molecule has 0 spiro atoms. The highest BCUT2D eigenvalue weighted by atomic mass is 16.5. The number of ether oxygens (including phenoxy) is 1. The molecule has 0 fully saturated rings. The Morgan fingerprint density at radius 2 is 2.16 bits per heavy atom. The number of unbranched alkanes of at least 4 members (excludes halogenated alkanes) is 1. The van der Waals surface area contributed by atoms with Gasteiger partial charge in [0.25, 0.3) is 0 Å². The van der Waals surface area contributed by atoms with Crippen LogP contribution in [0.2, 0.25) is 0 Å². The molecule has 2 rings (SSSR count). The van der Waals surface area contributed by atoms with Crippen LogP contribution in [0.5, 0.6) is 0 Å². The van der Waals surface area contributed by atoms with E-state index in [4.69, 9.17) is 4.74 Å². The summed E-state index contributed by atoms with van der Waals surface area (Å²) in [6.07, 6.45) is 2.88. The molecule has 25 heavy (non-hydrogen) atoms. The maximum absolute atomic E-state index is 12.2. The van der Waals surface area contributed by atoms with Crippen molar-refractivity contribution in [1.29, 1.82) is 0 Å². The normalized spacial score (nSPS) is 14.0. The smallest absolute Gasteiger partial charge is 0.319 e. The first kappa shape index (κ1) is 19.2. The lowest BCUT2D eigenvalue weighted by Crippen LogP contribution is -2.38. The van der Waals surface area contributed by atoms with Crippen molar-refractivity contribution >= 4 is 11.9 Å². The molecule has 0 atom stereocenters. The standard InChI is InChI=1S/C17H29N5O3/c1-4-5-9-25-13-16(23)18-11-14-10-15-12-21(17(24)20(2)3)7-6-8-22(15)19-14/h10H,4-9,11-13H2,1-3H3,(H,18,23). The number of hydrogen-bond acceptors (Lipinski definition) is 4. The van der Waals surface area contributed by atoms with Crippen molar-refractivity contribution in [2.75, 3.05) is 33.9 Å². The molecular formula is C17H29N5O3. The summed E-state index contributed by atoms with van der Waals surface area (Å²) in [6.45, 7) is 5.19. The van der Waals surface area contributed by atoms with Crippen molar-refractivity contribution in [2.24, 2.45) is 0 Å². The van der Waals surface area contributed by atoms with Gasteiger partial charge in [0.05, 0.1) is 24.5 Å². The quantitative estimate of drug-likeness (QED) is 0.749. The van der Waals surface area contributed by atoms with Gasteiger partial charge in [-0.05, 0) is 18.9 Å². The summed E-state index contributed by atoms with van der Waals surface area (Å²) in [5, 5.41) is 7.36. The van der Waals surface area contributed by atoms with Gasteiger partial charge in [-0.15, -0.1) is 0 Å². The lowest BCUT2D eigenvalue weighted by Gasteiger charge is -2.23. The van der Waals surface area contributed by atoms with E-state index < -0.39 is 0 Å². The van der Waals surface area contributed by atoms with E-state index in [-0.39, 0.29) is 18.5 Å². The predicted octanol–water partition coefficient (Wildman–Crippen LogP) is 1.20. The monoisotopic (exact) mass is 351 g/mol. The minimum Gasteiger partial charge on any atom is -0.372 e. The SMILES string of the molecule is CCCCOCC(=O)NCc1cc2n(n1)CCCN(C(=O)N(C)C)C2. The summed E-state index contributed by atoms with van der Waals surface area (Å²) in [5.74, 6) is -0.135. The van der Waals surface area contributed by atoms with E-state index in [0.29, 0.717) is 19.7 Å². The van der Waals surface area contributed by atoms with Crippen molar-refractivity contribution in [3.63, 3.8) is 0 Å². The largest absolute Gasteiger partial charge is 0.372 e. The third-order valence-corrected chi connectivity index (χ3v) is 4.06. The van der Waals surface area contributed by atoms with Gasteiger partial charge < -0.3 is 19.9 Å². The molecule has 0 saturated heterocycles. The molecule has 8 heteroatoms. The number of aromatic nitrogens is 2. The van der Waals surface area contributed by atoms with E-state index in [2.05, 4.69) is 17.3 Å². The molecular weight excluding hydrogens is 322 g/mol. The van der Waals surface area contributed by atoms with Crippen LogP contribution < -0.4 is 5.32 Å². The maximum Gasteiger partial charge on any atom is 0.319 e. The van der Waals surface area contributed by atoms with Gasteiger partial charge in [-0.3, -0.25) is 9.48 Å². The molecule has 1 aliphatic heterocycles. The number of amides is 3. The Morgan fingerprint density at radius 1 is 1.36 bits per heavy atom. The highest BCUT2D eigenvalue weighted by molar-refractivity contribution is 5.77. The van der Waals surface area contributed by atoms with Gasteiger partial charge in [0.2, 0.25) is 5.91 Å². The van der Waals surface area contributed by atoms with Gasteiger partial charge in [0.1, 0.15) is 6.61 Å². The number of urea groups is 1. The van der Waals surface area contributed by atoms with Crippen LogP contribution in [0.15, 0.2) is 6.07 Å². The number of hydrogen-bond donors (Lipinski definition) is 1. The fourth-order valence-corrected chi connectivity index (χ4v) is 2.71. The molecule has 1 N–H and O–H groups in total. The summed E-state index contributed by atoms with van der Waals surface area (Å²) >= 11 is 0. The lowest BCUT2D eigenvalue weighted by molar-refractivity contribution is -0.125. The fourth-order valence-electron chi connectivity index (χ4n) is 2.71. The Kier molecular flexibility index (Phi) is 7.24. The predicted molar refractivity (Wildman–Crippen MR) is 93.9 cm³/mol. The summed E-state index contributed by atoms with van der Waals surface area (Å²) < 4.78 is 7.23. The summed E-state index contributed by atoms with van der Waals surface area (Å²) in [5.41, 5.74) is 1.80. The average Bonchev–Trinajstić information content (AvgIpc) is 2.86. The van der Waals surface area contributed by atoms with Crippen LogP contribution in [0.25, 0.3) is 0 Å². The van der Waals surface area contributed by atoms with E-state index in [1.807, 2.05) is 15.6 Å². The Morgan fingerprint density at radius 3 is 2.88 bits per heavy atom. The Balaban J connectivity index is 1.86. The van der Waals surface area contributed by atoms with Gasteiger partial charge in [-0.1, -0.05) is 13.3 Å². The van der Waals surface area contributed by atoms with E-state index >= 15 is 0 Å². The van der Waals surface area contributed by atoms with Crippen LogP contribution in [0.3, 0.4) is 0 Å². The van der Waals surface area contributed by atoms with Gasteiger partial charge in [0.15, 0.2) is 0 Å². The van der Waals surface area contributed by atoms with Gasteiger partial charge in [0, 0.05) is 33.8 Å². The van der Waals surface area contributed by atoms with Crippen LogP contribution in [-0.4, -0.2) is 65.4 Å². The van der Waals surface area contributed by atoms with Crippen molar-refractivity contribution in [2.45, 2.75) is 45.8 Å². The van der Waals surface area contributed by atoms with E-state index in [9.17, 15) is 9.59 Å². The maximum atomic E-state index is 12.2. The van der Waals surface area contributed by atoms with Gasteiger partial charge in [-0.25, -0.2) is 4.79 Å². The first-order valence-electron chi connectivity index (χ1n) is 8.87. The Hall–Kier alpha value is -2.09. The summed E-state index contributed by atoms with van der Waals surface area (Å²) in [6, 6.07) is 1.97. The summed E-state index contributed by atoms with van der Waals surface area (Å²) in [7, 11) is 3.52. The van der Waals surface area contributed by atoms with Crippen molar-refractivity contribution in [3.8, 4) is 0 Å². The van der Waals surface area contributed by atoms with E-state index in [0.717, 1.165) is 43.7 Å².